The fourth-order valence-corrected chi connectivity index (χ4v) is 3.70. The molecule has 3 rings (SSSR count). The van der Waals surface area contributed by atoms with Crippen molar-refractivity contribution in [1.82, 2.24) is 25.2 Å². The van der Waals surface area contributed by atoms with Gasteiger partial charge in [0.05, 0.1) is 18.9 Å². The fourth-order valence-electron chi connectivity index (χ4n) is 3.70. The Hall–Kier alpha value is -0.980. The summed E-state index contributed by atoms with van der Waals surface area (Å²) in [6.07, 6.45) is 5.82. The first kappa shape index (κ1) is 16.9. The van der Waals surface area contributed by atoms with Crippen LogP contribution in [0.2, 0.25) is 0 Å². The summed E-state index contributed by atoms with van der Waals surface area (Å²) in [6, 6.07) is 0.512. The molecule has 2 saturated heterocycles. The fraction of sp³-hybridized carbons (Fsp3) is 0.882. The van der Waals surface area contributed by atoms with E-state index in [-0.39, 0.29) is 0 Å². The van der Waals surface area contributed by atoms with Crippen LogP contribution in [0.4, 0.5) is 0 Å². The van der Waals surface area contributed by atoms with Crippen LogP contribution >= 0.6 is 0 Å². The van der Waals surface area contributed by atoms with Crippen LogP contribution in [0.1, 0.15) is 38.8 Å². The molecule has 0 saturated carbocycles. The summed E-state index contributed by atoms with van der Waals surface area (Å²) in [5, 5.41) is 12.2. The molecule has 0 aliphatic carbocycles. The van der Waals surface area contributed by atoms with Crippen molar-refractivity contribution in [3.63, 3.8) is 0 Å². The predicted molar refractivity (Wildman–Crippen MR) is 90.1 cm³/mol. The Balaban J connectivity index is 1.54. The molecule has 1 atom stereocenters. The van der Waals surface area contributed by atoms with Crippen molar-refractivity contribution in [2.24, 2.45) is 11.8 Å². The molecule has 23 heavy (non-hydrogen) atoms. The normalized spacial score (nSPS) is 24.4. The zero-order valence-corrected chi connectivity index (χ0v) is 14.6. The molecule has 2 aliphatic heterocycles. The van der Waals surface area contributed by atoms with Gasteiger partial charge in [0.1, 0.15) is 0 Å². The number of nitrogens with one attached hydrogen (secondary N) is 1. The number of nitrogens with zero attached hydrogens (tertiary/aromatic N) is 4. The van der Waals surface area contributed by atoms with E-state index in [1.54, 1.807) is 0 Å². The summed E-state index contributed by atoms with van der Waals surface area (Å²) in [5.41, 5.74) is 1.09. The quantitative estimate of drug-likeness (QED) is 0.861. The zero-order valence-electron chi connectivity index (χ0n) is 14.6. The smallest absolute Gasteiger partial charge is 0.0967 e. The van der Waals surface area contributed by atoms with Gasteiger partial charge in [-0.25, -0.2) is 0 Å². The number of piperidine rings is 1. The Morgan fingerprint density at radius 2 is 2.17 bits per heavy atom. The molecule has 130 valence electrons. The largest absolute Gasteiger partial charge is 0.378 e. The Labute approximate surface area is 139 Å². The van der Waals surface area contributed by atoms with Crippen molar-refractivity contribution >= 4 is 0 Å². The standard InChI is InChI=1S/C17H31N5O/c1-14(2)9-17-13-23-8-7-21(17)11-16-12-22(20-19-16)10-15-3-5-18-6-4-15/h12,14-15,17-18H,3-11,13H2,1-2H3/t17-/m1/s1. The number of morpholine rings is 1. The first-order chi connectivity index (χ1) is 11.2. The van der Waals surface area contributed by atoms with E-state index >= 15 is 0 Å². The van der Waals surface area contributed by atoms with E-state index in [9.17, 15) is 0 Å². The third kappa shape index (κ3) is 4.99. The van der Waals surface area contributed by atoms with Crippen LogP contribution in [0, 0.1) is 11.8 Å². The van der Waals surface area contributed by atoms with E-state index in [1.165, 1.54) is 19.3 Å². The van der Waals surface area contributed by atoms with Gasteiger partial charge in [0.25, 0.3) is 0 Å². The van der Waals surface area contributed by atoms with Gasteiger partial charge in [-0.2, -0.15) is 0 Å². The van der Waals surface area contributed by atoms with Crippen molar-refractivity contribution in [2.45, 2.75) is 52.2 Å². The lowest BCUT2D eigenvalue weighted by atomic mass is 9.98. The molecule has 2 fully saturated rings. The SMILES string of the molecule is CC(C)C[C@@H]1COCCN1Cc1cn(CC2CCNCC2)nn1. The first-order valence-electron chi connectivity index (χ1n) is 9.12. The van der Waals surface area contributed by atoms with E-state index in [0.717, 1.165) is 57.5 Å². The molecule has 0 aromatic carbocycles. The monoisotopic (exact) mass is 321 g/mol. The number of rotatable bonds is 6. The average Bonchev–Trinajstić information content (AvgIpc) is 2.97. The van der Waals surface area contributed by atoms with E-state index < -0.39 is 0 Å². The van der Waals surface area contributed by atoms with Gasteiger partial charge in [0, 0.05) is 31.9 Å². The van der Waals surface area contributed by atoms with Gasteiger partial charge in [0.2, 0.25) is 0 Å². The predicted octanol–water partition coefficient (Wildman–Crippen LogP) is 1.52. The molecule has 1 N–H and O–H groups in total. The molecule has 6 nitrogen and oxygen atoms in total. The van der Waals surface area contributed by atoms with E-state index in [0.29, 0.717) is 12.0 Å². The molecular weight excluding hydrogens is 290 g/mol. The summed E-state index contributed by atoms with van der Waals surface area (Å²) in [4.78, 5) is 2.52. The van der Waals surface area contributed by atoms with Crippen LogP contribution in [0.3, 0.4) is 0 Å². The minimum Gasteiger partial charge on any atom is -0.378 e. The first-order valence-corrected chi connectivity index (χ1v) is 9.12. The lowest BCUT2D eigenvalue weighted by molar-refractivity contribution is -0.0191. The van der Waals surface area contributed by atoms with Crippen LogP contribution < -0.4 is 5.32 Å². The Morgan fingerprint density at radius 3 is 2.96 bits per heavy atom. The van der Waals surface area contributed by atoms with E-state index in [1.807, 2.05) is 4.68 Å². The van der Waals surface area contributed by atoms with Crippen LogP contribution in [-0.4, -0.2) is 58.8 Å². The molecule has 0 spiro atoms. The molecule has 1 aromatic rings. The minimum atomic E-state index is 0.512. The summed E-state index contributed by atoms with van der Waals surface area (Å²) in [5.74, 6) is 1.43. The molecule has 0 bridgehead atoms. The Kier molecular flexibility index (Phi) is 6.02. The van der Waals surface area contributed by atoms with Gasteiger partial charge in [0.15, 0.2) is 0 Å². The van der Waals surface area contributed by atoms with Crippen molar-refractivity contribution in [1.29, 1.82) is 0 Å². The van der Waals surface area contributed by atoms with Crippen molar-refractivity contribution in [3.05, 3.63) is 11.9 Å². The second-order valence-corrected chi connectivity index (χ2v) is 7.45. The van der Waals surface area contributed by atoms with E-state index in [4.69, 9.17) is 4.74 Å². The number of aromatic nitrogens is 3. The van der Waals surface area contributed by atoms with Crippen LogP contribution in [0.5, 0.6) is 0 Å². The Morgan fingerprint density at radius 1 is 1.35 bits per heavy atom. The van der Waals surface area contributed by atoms with Crippen molar-refractivity contribution in [2.75, 3.05) is 32.8 Å². The van der Waals surface area contributed by atoms with Gasteiger partial charge in [-0.3, -0.25) is 9.58 Å². The second-order valence-electron chi connectivity index (χ2n) is 7.45. The third-order valence-corrected chi connectivity index (χ3v) is 4.95. The highest BCUT2D eigenvalue weighted by molar-refractivity contribution is 4.94. The molecule has 6 heteroatoms. The summed E-state index contributed by atoms with van der Waals surface area (Å²) in [6.45, 7) is 11.4. The highest BCUT2D eigenvalue weighted by atomic mass is 16.5. The van der Waals surface area contributed by atoms with Crippen LogP contribution in [0.15, 0.2) is 6.20 Å². The maximum absolute atomic E-state index is 5.67. The second kappa shape index (κ2) is 8.22. The lowest BCUT2D eigenvalue weighted by Crippen LogP contribution is -2.45. The van der Waals surface area contributed by atoms with Crippen molar-refractivity contribution in [3.8, 4) is 0 Å². The zero-order chi connectivity index (χ0) is 16.1. The molecule has 1 aromatic heterocycles. The maximum Gasteiger partial charge on any atom is 0.0967 e. The molecule has 3 heterocycles. The van der Waals surface area contributed by atoms with Crippen LogP contribution in [-0.2, 0) is 17.8 Å². The summed E-state index contributed by atoms with van der Waals surface area (Å²) >= 11 is 0. The van der Waals surface area contributed by atoms with Gasteiger partial charge in [-0.05, 0) is 44.2 Å². The number of hydrogen-bond acceptors (Lipinski definition) is 5. The molecule has 0 amide bonds. The molecule has 0 radical (unpaired) electrons. The average molecular weight is 321 g/mol. The van der Waals surface area contributed by atoms with Crippen molar-refractivity contribution < 1.29 is 4.74 Å². The number of ether oxygens (including phenoxy) is 1. The maximum atomic E-state index is 5.67. The number of hydrogen-bond donors (Lipinski definition) is 1. The highest BCUT2D eigenvalue weighted by Crippen LogP contribution is 2.18. The van der Waals surface area contributed by atoms with Gasteiger partial charge in [-0.15, -0.1) is 5.10 Å². The minimum absolute atomic E-state index is 0.512. The summed E-state index contributed by atoms with van der Waals surface area (Å²) in [7, 11) is 0. The topological polar surface area (TPSA) is 55.2 Å². The van der Waals surface area contributed by atoms with Crippen LogP contribution in [0.25, 0.3) is 0 Å². The molecular formula is C17H31N5O. The van der Waals surface area contributed by atoms with Gasteiger partial charge in [-0.1, -0.05) is 19.1 Å². The lowest BCUT2D eigenvalue weighted by Gasteiger charge is -2.36. The summed E-state index contributed by atoms with van der Waals surface area (Å²) < 4.78 is 7.71. The molecule has 0 unspecified atom stereocenters. The third-order valence-electron chi connectivity index (χ3n) is 4.95. The highest BCUT2D eigenvalue weighted by Gasteiger charge is 2.24. The molecule has 2 aliphatic rings. The van der Waals surface area contributed by atoms with Gasteiger partial charge >= 0.3 is 0 Å². The van der Waals surface area contributed by atoms with Gasteiger partial charge < -0.3 is 10.1 Å². The van der Waals surface area contributed by atoms with E-state index in [2.05, 4.69) is 40.6 Å². The Bertz CT molecular complexity index is 469.